The third-order valence-electron chi connectivity index (χ3n) is 3.62. The van der Waals surface area contributed by atoms with Crippen LogP contribution in [0.3, 0.4) is 0 Å². The van der Waals surface area contributed by atoms with E-state index in [9.17, 15) is 8.42 Å². The molecule has 0 spiro atoms. The van der Waals surface area contributed by atoms with E-state index >= 15 is 0 Å². The molecule has 4 nitrogen and oxygen atoms in total. The molecular weight excluding hydrogens is 304 g/mol. The van der Waals surface area contributed by atoms with Crippen molar-refractivity contribution >= 4 is 21.4 Å². The fourth-order valence-corrected chi connectivity index (χ4v) is 4.65. The normalized spacial score (nSPS) is 15.8. The highest BCUT2D eigenvalue weighted by molar-refractivity contribution is 7.89. The Balaban J connectivity index is 1.82. The third-order valence-corrected chi connectivity index (χ3v) is 6.22. The number of nitrogens with one attached hydrogen (secondary N) is 2. The SMILES string of the molecule is CC(C)CCCCNS(=O)(=O)c1ccsc1CNC1CC1. The molecule has 0 saturated heterocycles. The van der Waals surface area contributed by atoms with E-state index in [-0.39, 0.29) is 0 Å². The quantitative estimate of drug-likeness (QED) is 0.648. The molecule has 1 fully saturated rings. The maximum atomic E-state index is 12.3. The molecule has 1 aromatic rings. The lowest BCUT2D eigenvalue weighted by molar-refractivity contribution is 0.530. The second-order valence-corrected chi connectivity index (χ2v) is 8.89. The van der Waals surface area contributed by atoms with Gasteiger partial charge < -0.3 is 5.32 Å². The van der Waals surface area contributed by atoms with Crippen molar-refractivity contribution in [3.63, 3.8) is 0 Å². The molecule has 1 aliphatic rings. The van der Waals surface area contributed by atoms with Crippen LogP contribution in [0.15, 0.2) is 16.3 Å². The van der Waals surface area contributed by atoms with Gasteiger partial charge in [0.2, 0.25) is 10.0 Å². The number of thiophene rings is 1. The van der Waals surface area contributed by atoms with Gasteiger partial charge in [-0.25, -0.2) is 13.1 Å². The fraction of sp³-hybridized carbons (Fsp3) is 0.733. The summed E-state index contributed by atoms with van der Waals surface area (Å²) in [4.78, 5) is 1.36. The van der Waals surface area contributed by atoms with Crippen LogP contribution in [0.25, 0.3) is 0 Å². The Morgan fingerprint density at radius 2 is 2.10 bits per heavy atom. The van der Waals surface area contributed by atoms with Crippen LogP contribution >= 0.6 is 11.3 Å². The molecule has 1 aromatic heterocycles. The highest BCUT2D eigenvalue weighted by Gasteiger charge is 2.23. The third kappa shape index (κ3) is 5.70. The summed E-state index contributed by atoms with van der Waals surface area (Å²) in [6.07, 6.45) is 5.54. The Morgan fingerprint density at radius 3 is 2.76 bits per heavy atom. The first-order valence-corrected chi connectivity index (χ1v) is 10.1. The highest BCUT2D eigenvalue weighted by atomic mass is 32.2. The van der Waals surface area contributed by atoms with Gasteiger partial charge in [-0.3, -0.25) is 0 Å². The van der Waals surface area contributed by atoms with Gasteiger partial charge in [0.25, 0.3) is 0 Å². The zero-order valence-corrected chi connectivity index (χ0v) is 14.5. The minimum absolute atomic E-state index is 0.449. The van der Waals surface area contributed by atoms with Crippen molar-refractivity contribution in [2.24, 2.45) is 5.92 Å². The van der Waals surface area contributed by atoms with Crippen LogP contribution in [-0.4, -0.2) is 21.0 Å². The molecule has 2 rings (SSSR count). The van der Waals surface area contributed by atoms with Crippen molar-refractivity contribution in [2.75, 3.05) is 6.54 Å². The molecule has 0 aliphatic heterocycles. The Hall–Kier alpha value is -0.430. The Kier molecular flexibility index (Phi) is 6.22. The van der Waals surface area contributed by atoms with E-state index in [0.29, 0.717) is 29.9 Å². The maximum absolute atomic E-state index is 12.3. The van der Waals surface area contributed by atoms with Crippen LogP contribution in [0.4, 0.5) is 0 Å². The predicted molar refractivity (Wildman–Crippen MR) is 88.1 cm³/mol. The molecule has 0 bridgehead atoms. The second-order valence-electron chi connectivity index (χ2n) is 6.15. The topological polar surface area (TPSA) is 58.2 Å². The molecule has 6 heteroatoms. The largest absolute Gasteiger partial charge is 0.309 e. The average Bonchev–Trinajstić information content (AvgIpc) is 3.11. The lowest BCUT2D eigenvalue weighted by atomic mass is 10.1. The van der Waals surface area contributed by atoms with Crippen LogP contribution in [-0.2, 0) is 16.6 Å². The Bertz CT molecular complexity index is 534. The van der Waals surface area contributed by atoms with Crippen molar-refractivity contribution in [3.05, 3.63) is 16.3 Å². The van der Waals surface area contributed by atoms with Gasteiger partial charge in [-0.2, -0.15) is 0 Å². The summed E-state index contributed by atoms with van der Waals surface area (Å²) < 4.78 is 27.4. The molecule has 0 radical (unpaired) electrons. The van der Waals surface area contributed by atoms with Crippen molar-refractivity contribution < 1.29 is 8.42 Å². The first kappa shape index (κ1) is 16.9. The van der Waals surface area contributed by atoms with E-state index in [1.165, 1.54) is 24.2 Å². The molecule has 2 N–H and O–H groups in total. The standard InChI is InChI=1S/C15H26N2O2S2/c1-12(2)5-3-4-9-17-21(18,19)15-8-10-20-14(15)11-16-13-6-7-13/h8,10,12-13,16-17H,3-7,9,11H2,1-2H3. The number of sulfonamides is 1. The zero-order valence-electron chi connectivity index (χ0n) is 12.9. The van der Waals surface area contributed by atoms with Crippen LogP contribution in [0, 0.1) is 5.92 Å². The van der Waals surface area contributed by atoms with Crippen LogP contribution in [0.2, 0.25) is 0 Å². The summed E-state index contributed by atoms with van der Waals surface area (Å²) in [6.45, 7) is 5.57. The lowest BCUT2D eigenvalue weighted by Gasteiger charge is -2.09. The number of hydrogen-bond donors (Lipinski definition) is 2. The van der Waals surface area contributed by atoms with Gasteiger partial charge in [0.1, 0.15) is 0 Å². The fourth-order valence-electron chi connectivity index (χ4n) is 2.18. The van der Waals surface area contributed by atoms with Crippen molar-refractivity contribution in [1.82, 2.24) is 10.0 Å². The van der Waals surface area contributed by atoms with E-state index in [2.05, 4.69) is 23.9 Å². The number of rotatable bonds is 10. The summed E-state index contributed by atoms with van der Waals surface area (Å²) in [6, 6.07) is 2.30. The molecule has 120 valence electrons. The van der Waals surface area contributed by atoms with Gasteiger partial charge in [-0.1, -0.05) is 26.7 Å². The Morgan fingerprint density at radius 1 is 1.33 bits per heavy atom. The number of hydrogen-bond acceptors (Lipinski definition) is 4. The van der Waals surface area contributed by atoms with Gasteiger partial charge in [0.05, 0.1) is 4.90 Å². The maximum Gasteiger partial charge on any atom is 0.241 e. The van der Waals surface area contributed by atoms with Gasteiger partial charge in [0.15, 0.2) is 0 Å². The monoisotopic (exact) mass is 330 g/mol. The number of unbranched alkanes of at least 4 members (excludes halogenated alkanes) is 1. The van der Waals surface area contributed by atoms with Crippen LogP contribution in [0.1, 0.15) is 50.8 Å². The minimum Gasteiger partial charge on any atom is -0.309 e. The van der Waals surface area contributed by atoms with E-state index in [1.807, 2.05) is 5.38 Å². The molecule has 0 unspecified atom stereocenters. The second kappa shape index (κ2) is 7.72. The van der Waals surface area contributed by atoms with E-state index < -0.39 is 10.0 Å². The van der Waals surface area contributed by atoms with Crippen molar-refractivity contribution in [3.8, 4) is 0 Å². The summed E-state index contributed by atoms with van der Waals surface area (Å²) in [5.41, 5.74) is 0. The summed E-state index contributed by atoms with van der Waals surface area (Å²) in [5.74, 6) is 0.679. The molecule has 1 heterocycles. The predicted octanol–water partition coefficient (Wildman–Crippen LogP) is 3.10. The van der Waals surface area contributed by atoms with Gasteiger partial charge in [-0.05, 0) is 36.6 Å². The summed E-state index contributed by atoms with van der Waals surface area (Å²) in [7, 11) is -3.36. The first-order valence-electron chi connectivity index (χ1n) is 7.78. The summed E-state index contributed by atoms with van der Waals surface area (Å²) in [5, 5.41) is 5.24. The van der Waals surface area contributed by atoms with Crippen molar-refractivity contribution in [1.29, 1.82) is 0 Å². The molecule has 0 aromatic carbocycles. The zero-order chi connectivity index (χ0) is 15.3. The minimum atomic E-state index is -3.36. The molecule has 21 heavy (non-hydrogen) atoms. The van der Waals surface area contributed by atoms with E-state index in [1.54, 1.807) is 6.07 Å². The Labute approximate surface area is 132 Å². The van der Waals surface area contributed by atoms with Gasteiger partial charge in [0, 0.05) is 24.0 Å². The molecule has 0 amide bonds. The molecule has 1 aliphatic carbocycles. The van der Waals surface area contributed by atoms with Gasteiger partial charge >= 0.3 is 0 Å². The van der Waals surface area contributed by atoms with Gasteiger partial charge in [-0.15, -0.1) is 11.3 Å². The molecule has 1 saturated carbocycles. The summed E-state index contributed by atoms with van der Waals surface area (Å²) >= 11 is 1.51. The van der Waals surface area contributed by atoms with Crippen LogP contribution in [0.5, 0.6) is 0 Å². The highest BCUT2D eigenvalue weighted by Crippen LogP contribution is 2.24. The van der Waals surface area contributed by atoms with E-state index in [0.717, 1.165) is 24.1 Å². The van der Waals surface area contributed by atoms with Crippen molar-refractivity contribution in [2.45, 2.75) is 63.4 Å². The molecular formula is C15H26N2O2S2. The smallest absolute Gasteiger partial charge is 0.241 e. The van der Waals surface area contributed by atoms with E-state index in [4.69, 9.17) is 0 Å². The average molecular weight is 331 g/mol. The first-order chi connectivity index (χ1) is 9.99. The van der Waals surface area contributed by atoms with Crippen LogP contribution < -0.4 is 10.0 Å². The molecule has 0 atom stereocenters. The lowest BCUT2D eigenvalue weighted by Crippen LogP contribution is -2.26.